The van der Waals surface area contributed by atoms with Crippen molar-refractivity contribution < 1.29 is 15.0 Å². The summed E-state index contributed by atoms with van der Waals surface area (Å²) in [5, 5.41) is 17.0. The molecule has 0 amide bonds. The van der Waals surface area contributed by atoms with E-state index < -0.39 is 18.1 Å². The van der Waals surface area contributed by atoms with Gasteiger partial charge in [0.15, 0.2) is 0 Å². The standard InChI is InChI=1S/C7H11N3O3/c8-5(6(11)7(12)13)1-4-2-9-3-10-4/h2-3,5,7,12-13H,1,8H2,(H,9,10)/t5-/m0/s1. The van der Waals surface area contributed by atoms with Crippen molar-refractivity contribution in [2.24, 2.45) is 5.73 Å². The fourth-order valence-electron chi connectivity index (χ4n) is 0.925. The fourth-order valence-corrected chi connectivity index (χ4v) is 0.925. The average Bonchev–Trinajstić information content (AvgIpc) is 2.55. The first kappa shape index (κ1) is 9.85. The van der Waals surface area contributed by atoms with Gasteiger partial charge in [0, 0.05) is 18.3 Å². The van der Waals surface area contributed by atoms with Crippen LogP contribution in [0.15, 0.2) is 12.5 Å². The molecule has 1 rings (SSSR count). The predicted molar refractivity (Wildman–Crippen MR) is 43.5 cm³/mol. The highest BCUT2D eigenvalue weighted by Crippen LogP contribution is 1.98. The molecule has 0 aliphatic rings. The van der Waals surface area contributed by atoms with E-state index in [2.05, 4.69) is 9.97 Å². The van der Waals surface area contributed by atoms with Crippen molar-refractivity contribution in [3.63, 3.8) is 0 Å². The summed E-state index contributed by atoms with van der Waals surface area (Å²) in [5.74, 6) is -0.797. The number of carbonyl (C=O) groups is 1. The molecule has 6 nitrogen and oxygen atoms in total. The van der Waals surface area contributed by atoms with Crippen molar-refractivity contribution in [2.75, 3.05) is 0 Å². The zero-order valence-corrected chi connectivity index (χ0v) is 6.84. The van der Waals surface area contributed by atoms with E-state index in [-0.39, 0.29) is 6.42 Å². The Labute approximate surface area is 74.4 Å². The number of hydrogen-bond acceptors (Lipinski definition) is 5. The third-order valence-corrected chi connectivity index (χ3v) is 1.61. The molecule has 0 unspecified atom stereocenters. The average molecular weight is 185 g/mol. The number of aliphatic hydroxyl groups excluding tert-OH is 1. The molecule has 0 fully saturated rings. The summed E-state index contributed by atoms with van der Waals surface area (Å²) >= 11 is 0. The van der Waals surface area contributed by atoms with E-state index in [0.29, 0.717) is 5.69 Å². The number of nitrogens with zero attached hydrogens (tertiary/aromatic N) is 1. The van der Waals surface area contributed by atoms with Crippen LogP contribution < -0.4 is 5.73 Å². The topological polar surface area (TPSA) is 112 Å². The molecule has 72 valence electrons. The molecule has 0 aliphatic heterocycles. The van der Waals surface area contributed by atoms with Crippen LogP contribution in [0.5, 0.6) is 0 Å². The van der Waals surface area contributed by atoms with Crippen LogP contribution in [0.2, 0.25) is 0 Å². The van der Waals surface area contributed by atoms with E-state index in [1.54, 1.807) is 0 Å². The van der Waals surface area contributed by atoms with E-state index in [9.17, 15) is 4.79 Å². The summed E-state index contributed by atoms with van der Waals surface area (Å²) < 4.78 is 0. The lowest BCUT2D eigenvalue weighted by Crippen LogP contribution is -2.40. The Morgan fingerprint density at radius 3 is 2.85 bits per heavy atom. The maximum atomic E-state index is 10.9. The van der Waals surface area contributed by atoms with Gasteiger partial charge in [0.1, 0.15) is 0 Å². The molecule has 0 saturated heterocycles. The first-order chi connectivity index (χ1) is 6.11. The third-order valence-electron chi connectivity index (χ3n) is 1.61. The van der Waals surface area contributed by atoms with Crippen LogP contribution in [-0.4, -0.2) is 38.3 Å². The number of ketones is 1. The highest BCUT2D eigenvalue weighted by molar-refractivity contribution is 5.86. The van der Waals surface area contributed by atoms with Crippen molar-refractivity contribution in [3.8, 4) is 0 Å². The molecule has 1 aromatic heterocycles. The Morgan fingerprint density at radius 1 is 1.69 bits per heavy atom. The largest absolute Gasteiger partial charge is 0.362 e. The number of H-pyrrole nitrogens is 1. The van der Waals surface area contributed by atoms with Crippen molar-refractivity contribution in [2.45, 2.75) is 18.8 Å². The molecule has 0 saturated carbocycles. The van der Waals surface area contributed by atoms with Crippen LogP contribution in [0.3, 0.4) is 0 Å². The normalized spacial score (nSPS) is 13.2. The van der Waals surface area contributed by atoms with E-state index in [4.69, 9.17) is 15.9 Å². The smallest absolute Gasteiger partial charge is 0.214 e. The van der Waals surface area contributed by atoms with Crippen molar-refractivity contribution >= 4 is 5.78 Å². The number of rotatable bonds is 4. The number of hydrogen-bond donors (Lipinski definition) is 4. The Balaban J connectivity index is 2.51. The summed E-state index contributed by atoms with van der Waals surface area (Å²) in [6, 6.07) is -0.916. The Bertz CT molecular complexity index is 271. The molecule has 0 bridgehead atoms. The minimum atomic E-state index is -2.00. The minimum Gasteiger partial charge on any atom is -0.362 e. The van der Waals surface area contributed by atoms with Crippen LogP contribution >= 0.6 is 0 Å². The number of aliphatic hydroxyl groups is 2. The van der Waals surface area contributed by atoms with Gasteiger partial charge in [0.2, 0.25) is 12.1 Å². The molecule has 0 spiro atoms. The molecular formula is C7H11N3O3. The van der Waals surface area contributed by atoms with Crippen LogP contribution in [0.25, 0.3) is 0 Å². The van der Waals surface area contributed by atoms with E-state index >= 15 is 0 Å². The number of Topliss-reactive ketones (excluding diaryl/α,β-unsaturated/α-hetero) is 1. The first-order valence-electron chi connectivity index (χ1n) is 3.74. The second kappa shape index (κ2) is 4.13. The predicted octanol–water partition coefficient (Wildman–Crippen LogP) is -1.84. The summed E-state index contributed by atoms with van der Waals surface area (Å²) in [5.41, 5.74) is 6.07. The fraction of sp³-hybridized carbons (Fsp3) is 0.429. The van der Waals surface area contributed by atoms with Gasteiger partial charge in [-0.25, -0.2) is 4.98 Å². The second-order valence-corrected chi connectivity index (χ2v) is 2.66. The van der Waals surface area contributed by atoms with Crippen molar-refractivity contribution in [1.29, 1.82) is 0 Å². The molecule has 1 heterocycles. The SMILES string of the molecule is N[C@@H](Cc1cnc[nH]1)C(=O)C(O)O. The Kier molecular flexibility index (Phi) is 3.13. The van der Waals surface area contributed by atoms with Gasteiger partial charge < -0.3 is 20.9 Å². The summed E-state index contributed by atoms with van der Waals surface area (Å²) in [6.07, 6.45) is 1.20. The van der Waals surface area contributed by atoms with Gasteiger partial charge in [0.05, 0.1) is 12.4 Å². The summed E-state index contributed by atoms with van der Waals surface area (Å²) in [7, 11) is 0. The van der Waals surface area contributed by atoms with Crippen molar-refractivity contribution in [3.05, 3.63) is 18.2 Å². The summed E-state index contributed by atoms with van der Waals surface area (Å²) in [6.45, 7) is 0. The molecule has 0 aliphatic carbocycles. The molecule has 0 aromatic carbocycles. The molecule has 13 heavy (non-hydrogen) atoms. The lowest BCUT2D eigenvalue weighted by atomic mass is 10.1. The van der Waals surface area contributed by atoms with E-state index in [1.807, 2.05) is 0 Å². The van der Waals surface area contributed by atoms with Crippen LogP contribution in [0, 0.1) is 0 Å². The molecular weight excluding hydrogens is 174 g/mol. The molecule has 6 heteroatoms. The Morgan fingerprint density at radius 2 is 2.38 bits per heavy atom. The number of aromatic amines is 1. The van der Waals surface area contributed by atoms with Gasteiger partial charge in [0.25, 0.3) is 0 Å². The Hall–Kier alpha value is -1.24. The maximum absolute atomic E-state index is 10.9. The van der Waals surface area contributed by atoms with E-state index in [1.165, 1.54) is 12.5 Å². The lowest BCUT2D eigenvalue weighted by molar-refractivity contribution is -0.146. The number of aromatic nitrogens is 2. The van der Waals surface area contributed by atoms with Crippen LogP contribution in [0.4, 0.5) is 0 Å². The van der Waals surface area contributed by atoms with Gasteiger partial charge in [-0.3, -0.25) is 4.79 Å². The van der Waals surface area contributed by atoms with Gasteiger partial charge in [-0.05, 0) is 0 Å². The maximum Gasteiger partial charge on any atom is 0.214 e. The van der Waals surface area contributed by atoms with Gasteiger partial charge >= 0.3 is 0 Å². The van der Waals surface area contributed by atoms with E-state index in [0.717, 1.165) is 0 Å². The quantitative estimate of drug-likeness (QED) is 0.412. The van der Waals surface area contributed by atoms with Gasteiger partial charge in [-0.1, -0.05) is 0 Å². The first-order valence-corrected chi connectivity index (χ1v) is 3.74. The monoisotopic (exact) mass is 185 g/mol. The molecule has 1 aromatic rings. The van der Waals surface area contributed by atoms with Crippen LogP contribution in [0.1, 0.15) is 5.69 Å². The molecule has 0 radical (unpaired) electrons. The van der Waals surface area contributed by atoms with Crippen LogP contribution in [-0.2, 0) is 11.2 Å². The number of nitrogens with one attached hydrogen (secondary N) is 1. The van der Waals surface area contributed by atoms with Gasteiger partial charge in [-0.2, -0.15) is 0 Å². The number of nitrogens with two attached hydrogens (primary N) is 1. The van der Waals surface area contributed by atoms with Crippen molar-refractivity contribution in [1.82, 2.24) is 9.97 Å². The number of carbonyl (C=O) groups excluding carboxylic acids is 1. The zero-order valence-electron chi connectivity index (χ0n) is 6.84. The third kappa shape index (κ3) is 2.62. The second-order valence-electron chi connectivity index (χ2n) is 2.66. The summed E-state index contributed by atoms with van der Waals surface area (Å²) in [4.78, 5) is 17.4. The highest BCUT2D eigenvalue weighted by atomic mass is 16.5. The molecule has 1 atom stereocenters. The number of imidazole rings is 1. The molecule has 5 N–H and O–H groups in total. The lowest BCUT2D eigenvalue weighted by Gasteiger charge is -2.09. The van der Waals surface area contributed by atoms with Gasteiger partial charge in [-0.15, -0.1) is 0 Å². The minimum absolute atomic E-state index is 0.219. The highest BCUT2D eigenvalue weighted by Gasteiger charge is 2.20. The zero-order chi connectivity index (χ0) is 9.84.